The van der Waals surface area contributed by atoms with Crippen LogP contribution < -0.4 is 5.32 Å². The van der Waals surface area contributed by atoms with Gasteiger partial charge < -0.3 is 20.6 Å². The van der Waals surface area contributed by atoms with Crippen LogP contribution in [0.15, 0.2) is 12.1 Å². The molecule has 1 rings (SSSR count). The molecule has 8 heteroatoms. The van der Waals surface area contributed by atoms with Crippen molar-refractivity contribution in [2.75, 3.05) is 13.6 Å². The average molecular weight is 260 g/mol. The van der Waals surface area contributed by atoms with E-state index < -0.39 is 34.4 Å². The molecule has 2 atom stereocenters. The van der Waals surface area contributed by atoms with Crippen molar-refractivity contribution in [2.45, 2.75) is 12.2 Å². The number of hydrogen-bond acceptors (Lipinski definition) is 6. The van der Waals surface area contributed by atoms with E-state index in [0.29, 0.717) is 0 Å². The van der Waals surface area contributed by atoms with Crippen molar-refractivity contribution in [2.24, 2.45) is 0 Å². The number of aromatic hydroxyl groups is 1. The molecule has 0 aromatic heterocycles. The summed E-state index contributed by atoms with van der Waals surface area (Å²) in [7, 11) is 1.54. The minimum Gasteiger partial charge on any atom is -0.500 e. The standard InChI is InChI=1S/C10H13FN2O5/c1-12-4-8(14)9(15)5-2-6(11)10(16)7(3-5)13(17)18/h2-3,8-9,12,14-16H,4H2,1H3. The van der Waals surface area contributed by atoms with E-state index in [1.54, 1.807) is 0 Å². The lowest BCUT2D eigenvalue weighted by molar-refractivity contribution is -0.386. The van der Waals surface area contributed by atoms with Gasteiger partial charge >= 0.3 is 5.69 Å². The SMILES string of the molecule is CNCC(O)C(O)c1cc(F)c(O)c([N+](=O)[O-])c1. The Labute approximate surface area is 102 Å². The maximum Gasteiger partial charge on any atom is 0.314 e. The number of aliphatic hydroxyl groups is 2. The van der Waals surface area contributed by atoms with Crippen LogP contribution in [-0.4, -0.2) is 39.9 Å². The van der Waals surface area contributed by atoms with Gasteiger partial charge in [-0.1, -0.05) is 0 Å². The Bertz CT molecular complexity index is 454. The molecule has 2 unspecified atom stereocenters. The van der Waals surface area contributed by atoms with E-state index in [4.69, 9.17) is 5.11 Å². The fourth-order valence-corrected chi connectivity index (χ4v) is 1.46. The van der Waals surface area contributed by atoms with Gasteiger partial charge in [0.2, 0.25) is 5.75 Å². The van der Waals surface area contributed by atoms with Gasteiger partial charge in [-0.25, -0.2) is 4.39 Å². The monoisotopic (exact) mass is 260 g/mol. The summed E-state index contributed by atoms with van der Waals surface area (Å²) in [6, 6.07) is 1.56. The average Bonchev–Trinajstić information content (AvgIpc) is 2.31. The lowest BCUT2D eigenvalue weighted by Crippen LogP contribution is -2.29. The van der Waals surface area contributed by atoms with Gasteiger partial charge in [0.15, 0.2) is 5.82 Å². The topological polar surface area (TPSA) is 116 Å². The highest BCUT2D eigenvalue weighted by Crippen LogP contribution is 2.32. The summed E-state index contributed by atoms with van der Waals surface area (Å²) in [5.41, 5.74) is -1.04. The Morgan fingerprint density at radius 2 is 2.11 bits per heavy atom. The van der Waals surface area contributed by atoms with Gasteiger partial charge in [0, 0.05) is 12.6 Å². The van der Waals surface area contributed by atoms with Gasteiger partial charge in [-0.05, 0) is 18.7 Å². The molecule has 4 N–H and O–H groups in total. The first-order valence-electron chi connectivity index (χ1n) is 5.06. The summed E-state index contributed by atoms with van der Waals surface area (Å²) in [5, 5.41) is 41.5. The third-order valence-electron chi connectivity index (χ3n) is 2.38. The summed E-state index contributed by atoms with van der Waals surface area (Å²) >= 11 is 0. The third-order valence-corrected chi connectivity index (χ3v) is 2.38. The van der Waals surface area contributed by atoms with Gasteiger partial charge in [-0.2, -0.15) is 0 Å². The molecule has 0 saturated heterocycles. The second-order valence-electron chi connectivity index (χ2n) is 3.70. The molecule has 0 spiro atoms. The van der Waals surface area contributed by atoms with Gasteiger partial charge in [-0.15, -0.1) is 0 Å². The van der Waals surface area contributed by atoms with Crippen molar-refractivity contribution in [3.8, 4) is 5.75 Å². The predicted molar refractivity (Wildman–Crippen MR) is 59.6 cm³/mol. The highest BCUT2D eigenvalue weighted by atomic mass is 19.1. The van der Waals surface area contributed by atoms with Crippen LogP contribution in [0.4, 0.5) is 10.1 Å². The molecule has 0 saturated carbocycles. The van der Waals surface area contributed by atoms with Crippen LogP contribution in [0, 0.1) is 15.9 Å². The molecule has 0 aliphatic rings. The van der Waals surface area contributed by atoms with E-state index in [1.165, 1.54) is 7.05 Å². The first kappa shape index (κ1) is 14.3. The number of aliphatic hydroxyl groups excluding tert-OH is 2. The van der Waals surface area contributed by atoms with Crippen LogP contribution in [0.25, 0.3) is 0 Å². The fraction of sp³-hybridized carbons (Fsp3) is 0.400. The van der Waals surface area contributed by atoms with Gasteiger partial charge in [-0.3, -0.25) is 10.1 Å². The van der Waals surface area contributed by atoms with Crippen LogP contribution in [0.3, 0.4) is 0 Å². The van der Waals surface area contributed by atoms with Gasteiger partial charge in [0.05, 0.1) is 11.0 Å². The number of nitrogens with zero attached hydrogens (tertiary/aromatic N) is 1. The molecular weight excluding hydrogens is 247 g/mol. The Hall–Kier alpha value is -1.77. The van der Waals surface area contributed by atoms with Crippen LogP contribution >= 0.6 is 0 Å². The Balaban J connectivity index is 3.14. The Kier molecular flexibility index (Phi) is 4.54. The van der Waals surface area contributed by atoms with Crippen molar-refractivity contribution in [1.29, 1.82) is 0 Å². The molecule has 100 valence electrons. The lowest BCUT2D eigenvalue weighted by Gasteiger charge is -2.17. The van der Waals surface area contributed by atoms with Crippen LogP contribution in [0.2, 0.25) is 0 Å². The van der Waals surface area contributed by atoms with E-state index in [9.17, 15) is 24.7 Å². The minimum atomic E-state index is -1.49. The molecule has 0 fully saturated rings. The lowest BCUT2D eigenvalue weighted by atomic mass is 10.0. The quantitative estimate of drug-likeness (QED) is 0.439. The molecule has 0 aliphatic carbocycles. The first-order chi connectivity index (χ1) is 8.38. The number of phenolic OH excluding ortho intramolecular Hbond substituents is 1. The van der Waals surface area contributed by atoms with Crippen molar-refractivity contribution >= 4 is 5.69 Å². The van der Waals surface area contributed by atoms with Crippen LogP contribution in [0.1, 0.15) is 11.7 Å². The number of halogens is 1. The van der Waals surface area contributed by atoms with Gasteiger partial charge in [0.1, 0.15) is 6.10 Å². The summed E-state index contributed by atoms with van der Waals surface area (Å²) in [6.07, 6.45) is -2.75. The van der Waals surface area contributed by atoms with Gasteiger partial charge in [0.25, 0.3) is 0 Å². The summed E-state index contributed by atoms with van der Waals surface area (Å²) < 4.78 is 13.2. The maximum absolute atomic E-state index is 13.2. The van der Waals surface area contributed by atoms with E-state index >= 15 is 0 Å². The number of rotatable bonds is 5. The first-order valence-corrected chi connectivity index (χ1v) is 5.06. The molecular formula is C10H13FN2O5. The number of nitro benzene ring substituents is 1. The molecule has 0 heterocycles. The maximum atomic E-state index is 13.2. The normalized spacial score (nSPS) is 14.2. The summed E-state index contributed by atoms with van der Waals surface area (Å²) in [5.74, 6) is -2.33. The number of likely N-dealkylation sites (N-methyl/N-ethyl adjacent to an activating group) is 1. The molecule has 0 bridgehead atoms. The highest BCUT2D eigenvalue weighted by Gasteiger charge is 2.25. The molecule has 0 amide bonds. The molecule has 0 aliphatic heterocycles. The number of hydrogen-bond donors (Lipinski definition) is 4. The Morgan fingerprint density at radius 1 is 1.50 bits per heavy atom. The van der Waals surface area contributed by atoms with Crippen LogP contribution in [-0.2, 0) is 0 Å². The number of nitrogens with one attached hydrogen (secondary N) is 1. The molecule has 18 heavy (non-hydrogen) atoms. The zero-order valence-corrected chi connectivity index (χ0v) is 9.50. The zero-order chi connectivity index (χ0) is 13.9. The van der Waals surface area contributed by atoms with E-state index in [-0.39, 0.29) is 12.1 Å². The summed E-state index contributed by atoms with van der Waals surface area (Å²) in [4.78, 5) is 9.59. The summed E-state index contributed by atoms with van der Waals surface area (Å²) in [6.45, 7) is 0.0253. The van der Waals surface area contributed by atoms with E-state index in [0.717, 1.165) is 12.1 Å². The van der Waals surface area contributed by atoms with Crippen molar-refractivity contribution in [3.63, 3.8) is 0 Å². The largest absolute Gasteiger partial charge is 0.500 e. The molecule has 1 aromatic rings. The highest BCUT2D eigenvalue weighted by molar-refractivity contribution is 5.49. The Morgan fingerprint density at radius 3 is 2.61 bits per heavy atom. The zero-order valence-electron chi connectivity index (χ0n) is 9.50. The van der Waals surface area contributed by atoms with Crippen LogP contribution in [0.5, 0.6) is 5.75 Å². The minimum absolute atomic E-state index is 0.0253. The molecule has 7 nitrogen and oxygen atoms in total. The smallest absolute Gasteiger partial charge is 0.314 e. The third kappa shape index (κ3) is 2.92. The fourth-order valence-electron chi connectivity index (χ4n) is 1.46. The second-order valence-corrected chi connectivity index (χ2v) is 3.70. The van der Waals surface area contributed by atoms with E-state index in [2.05, 4.69) is 5.32 Å². The van der Waals surface area contributed by atoms with Crippen molar-refractivity contribution in [3.05, 3.63) is 33.6 Å². The van der Waals surface area contributed by atoms with Crippen molar-refractivity contribution in [1.82, 2.24) is 5.32 Å². The predicted octanol–water partition coefficient (Wildman–Crippen LogP) is 0.0532. The molecule has 1 aromatic carbocycles. The van der Waals surface area contributed by atoms with Crippen molar-refractivity contribution < 1.29 is 24.6 Å². The number of nitro groups is 1. The number of benzene rings is 1. The second kappa shape index (κ2) is 5.71. The van der Waals surface area contributed by atoms with E-state index in [1.807, 2.05) is 0 Å². The number of phenols is 1. The molecule has 0 radical (unpaired) electrons.